The average molecular weight is 320 g/mol. The molecule has 1 aromatic rings. The maximum atomic E-state index is 13.1. The number of carbonyl (C=O) groups is 1. The number of rotatable bonds is 5. The second kappa shape index (κ2) is 7.19. The van der Waals surface area contributed by atoms with Gasteiger partial charge in [-0.15, -0.1) is 0 Å². The molecule has 0 spiro atoms. The highest BCUT2D eigenvalue weighted by molar-refractivity contribution is 5.72. The van der Waals surface area contributed by atoms with Gasteiger partial charge in [0, 0.05) is 19.1 Å². The number of quaternary nitrogens is 1. The summed E-state index contributed by atoms with van der Waals surface area (Å²) in [5.41, 5.74) is 0.902. The van der Waals surface area contributed by atoms with Gasteiger partial charge in [-0.05, 0) is 38.9 Å². The number of nitro benzene ring substituents is 1. The number of hydrogen-bond donors (Lipinski definition) is 0. The minimum absolute atomic E-state index is 0.0599. The van der Waals surface area contributed by atoms with E-state index in [1.807, 2.05) is 14.1 Å². The van der Waals surface area contributed by atoms with Crippen LogP contribution in [0.2, 0.25) is 0 Å². The van der Waals surface area contributed by atoms with E-state index in [1.165, 1.54) is 18.6 Å². The predicted molar refractivity (Wildman–Crippen MR) is 88.8 cm³/mol. The first-order valence-electron chi connectivity index (χ1n) is 8.17. The number of non-ortho nitro benzene ring substituents is 1. The quantitative estimate of drug-likeness (QED) is 0.475. The Labute approximate surface area is 137 Å². The van der Waals surface area contributed by atoms with Crippen molar-refractivity contribution in [3.8, 4) is 0 Å². The van der Waals surface area contributed by atoms with E-state index in [4.69, 9.17) is 0 Å². The Morgan fingerprint density at radius 2 is 1.78 bits per heavy atom. The maximum Gasteiger partial charge on any atom is 0.319 e. The molecule has 1 amide bonds. The summed E-state index contributed by atoms with van der Waals surface area (Å²) in [5.74, 6) is 0.208. The van der Waals surface area contributed by atoms with E-state index < -0.39 is 4.92 Å². The first kappa shape index (κ1) is 17.6. The normalized spacial score (nSPS) is 18.6. The Balaban J connectivity index is 2.19. The van der Waals surface area contributed by atoms with E-state index in [9.17, 15) is 14.9 Å². The molecule has 6 heteroatoms. The zero-order chi connectivity index (χ0) is 17.0. The minimum atomic E-state index is -0.418. The third kappa shape index (κ3) is 3.76. The van der Waals surface area contributed by atoms with Gasteiger partial charge in [-0.2, -0.15) is 0 Å². The molecule has 126 valence electrons. The van der Waals surface area contributed by atoms with Crippen LogP contribution >= 0.6 is 0 Å². The van der Waals surface area contributed by atoms with Gasteiger partial charge in [0.25, 0.3) is 5.69 Å². The standard InChI is InChI=1S/C17H26N3O3/c1-14(18(2)3)20(11-5-4-6-12-20)17(21)13-15-7-9-16(10-8-15)19(22)23/h7-10,14H,4-6,11-13H2,1-3H3/q+1. The smallest absolute Gasteiger partial charge is 0.260 e. The lowest BCUT2D eigenvalue weighted by Gasteiger charge is -2.45. The molecule has 1 aliphatic heterocycles. The highest BCUT2D eigenvalue weighted by Gasteiger charge is 2.43. The highest BCUT2D eigenvalue weighted by Crippen LogP contribution is 2.26. The number of nitro groups is 1. The Hall–Kier alpha value is -1.79. The van der Waals surface area contributed by atoms with Crippen LogP contribution in [-0.2, 0) is 11.2 Å². The Morgan fingerprint density at radius 3 is 2.26 bits per heavy atom. The number of amides is 1. The Morgan fingerprint density at radius 1 is 1.22 bits per heavy atom. The van der Waals surface area contributed by atoms with E-state index in [1.54, 1.807) is 12.1 Å². The summed E-state index contributed by atoms with van der Waals surface area (Å²) in [4.78, 5) is 25.5. The van der Waals surface area contributed by atoms with Crippen molar-refractivity contribution in [3.63, 3.8) is 0 Å². The van der Waals surface area contributed by atoms with Crippen molar-refractivity contribution in [2.24, 2.45) is 0 Å². The number of hydrogen-bond acceptors (Lipinski definition) is 4. The molecule has 1 atom stereocenters. The second-order valence-corrected chi connectivity index (χ2v) is 6.63. The number of carbonyl (C=O) groups excluding carboxylic acids is 1. The predicted octanol–water partition coefficient (Wildman–Crippen LogP) is 2.57. The molecule has 2 rings (SSSR count). The average Bonchev–Trinajstić information content (AvgIpc) is 2.55. The van der Waals surface area contributed by atoms with Crippen molar-refractivity contribution in [1.29, 1.82) is 0 Å². The van der Waals surface area contributed by atoms with Gasteiger partial charge < -0.3 is 0 Å². The van der Waals surface area contributed by atoms with Gasteiger partial charge in [0.1, 0.15) is 6.17 Å². The SMILES string of the molecule is CC(N(C)C)[N+]1(C(=O)Cc2ccc([N+](=O)[O-])cc2)CCCCC1. The molecule has 0 aromatic heterocycles. The van der Waals surface area contributed by atoms with Crippen LogP contribution in [-0.4, -0.2) is 53.6 Å². The van der Waals surface area contributed by atoms with Crippen molar-refractivity contribution in [2.75, 3.05) is 27.2 Å². The maximum absolute atomic E-state index is 13.1. The summed E-state index contributed by atoms with van der Waals surface area (Å²) in [6.45, 7) is 3.87. The highest BCUT2D eigenvalue weighted by atomic mass is 16.6. The third-order valence-corrected chi connectivity index (χ3v) is 5.08. The van der Waals surface area contributed by atoms with Crippen LogP contribution in [0.25, 0.3) is 0 Å². The number of piperidine rings is 1. The zero-order valence-corrected chi connectivity index (χ0v) is 14.2. The van der Waals surface area contributed by atoms with Gasteiger partial charge in [0.05, 0.1) is 24.4 Å². The molecular weight excluding hydrogens is 294 g/mol. The fourth-order valence-electron chi connectivity index (χ4n) is 3.42. The lowest BCUT2D eigenvalue weighted by Crippen LogP contribution is -2.65. The summed E-state index contributed by atoms with van der Waals surface area (Å²) in [6, 6.07) is 6.32. The van der Waals surface area contributed by atoms with Gasteiger partial charge in [0.2, 0.25) is 0 Å². The van der Waals surface area contributed by atoms with Crippen molar-refractivity contribution in [1.82, 2.24) is 4.90 Å². The summed E-state index contributed by atoms with van der Waals surface area (Å²) in [7, 11) is 4.02. The number of likely N-dealkylation sites (tertiary alicyclic amines) is 1. The summed E-state index contributed by atoms with van der Waals surface area (Å²) in [6.07, 6.45) is 3.80. The molecule has 1 heterocycles. The first-order chi connectivity index (χ1) is 10.9. The molecule has 23 heavy (non-hydrogen) atoms. The lowest BCUT2D eigenvalue weighted by atomic mass is 10.0. The molecule has 0 saturated carbocycles. The van der Waals surface area contributed by atoms with Crippen molar-refractivity contribution in [3.05, 3.63) is 39.9 Å². The molecular formula is C17H26N3O3+. The molecule has 0 radical (unpaired) electrons. The first-order valence-corrected chi connectivity index (χ1v) is 8.17. The molecule has 1 aliphatic rings. The van der Waals surface area contributed by atoms with E-state index in [-0.39, 0.29) is 17.8 Å². The van der Waals surface area contributed by atoms with Gasteiger partial charge >= 0.3 is 5.91 Å². The van der Waals surface area contributed by atoms with Crippen molar-refractivity contribution < 1.29 is 14.2 Å². The summed E-state index contributed by atoms with van der Waals surface area (Å²) < 4.78 is 0.490. The number of nitrogens with zero attached hydrogens (tertiary/aromatic N) is 3. The van der Waals surface area contributed by atoms with E-state index in [2.05, 4.69) is 11.8 Å². The Bertz CT molecular complexity index is 563. The van der Waals surface area contributed by atoms with Crippen LogP contribution in [0, 0.1) is 10.1 Å². The van der Waals surface area contributed by atoms with Crippen LogP contribution in [0.4, 0.5) is 5.69 Å². The molecule has 1 saturated heterocycles. The molecule has 6 nitrogen and oxygen atoms in total. The summed E-state index contributed by atoms with van der Waals surface area (Å²) in [5, 5.41) is 10.7. The fraction of sp³-hybridized carbons (Fsp3) is 0.588. The molecule has 0 N–H and O–H groups in total. The van der Waals surface area contributed by atoms with Crippen LogP contribution in [0.15, 0.2) is 24.3 Å². The van der Waals surface area contributed by atoms with Crippen LogP contribution in [0.3, 0.4) is 0 Å². The molecule has 0 bridgehead atoms. The molecule has 1 unspecified atom stereocenters. The molecule has 0 aliphatic carbocycles. The van der Waals surface area contributed by atoms with E-state index >= 15 is 0 Å². The summed E-state index contributed by atoms with van der Waals surface area (Å²) >= 11 is 0. The third-order valence-electron chi connectivity index (χ3n) is 5.08. The molecule has 1 aromatic carbocycles. The zero-order valence-electron chi connectivity index (χ0n) is 14.2. The van der Waals surface area contributed by atoms with E-state index in [0.717, 1.165) is 31.5 Å². The van der Waals surface area contributed by atoms with Crippen molar-refractivity contribution in [2.45, 2.75) is 38.8 Å². The topological polar surface area (TPSA) is 63.5 Å². The van der Waals surface area contributed by atoms with Gasteiger partial charge in [0.15, 0.2) is 0 Å². The van der Waals surface area contributed by atoms with Crippen LogP contribution < -0.4 is 0 Å². The monoisotopic (exact) mass is 320 g/mol. The lowest BCUT2D eigenvalue weighted by molar-refractivity contribution is -0.893. The van der Waals surface area contributed by atoms with Gasteiger partial charge in [-0.3, -0.25) is 15.0 Å². The minimum Gasteiger partial charge on any atom is -0.260 e. The van der Waals surface area contributed by atoms with Crippen molar-refractivity contribution >= 4 is 11.6 Å². The van der Waals surface area contributed by atoms with Crippen LogP contribution in [0.1, 0.15) is 31.7 Å². The van der Waals surface area contributed by atoms with Crippen LogP contribution in [0.5, 0.6) is 0 Å². The second-order valence-electron chi connectivity index (χ2n) is 6.63. The Kier molecular flexibility index (Phi) is 5.49. The largest absolute Gasteiger partial charge is 0.319 e. The number of benzene rings is 1. The van der Waals surface area contributed by atoms with Gasteiger partial charge in [-0.1, -0.05) is 12.1 Å². The van der Waals surface area contributed by atoms with E-state index in [0.29, 0.717) is 10.9 Å². The fourth-order valence-corrected chi connectivity index (χ4v) is 3.42. The van der Waals surface area contributed by atoms with Gasteiger partial charge in [-0.25, -0.2) is 9.28 Å². The molecule has 1 fully saturated rings.